The highest BCUT2D eigenvalue weighted by Gasteiger charge is 2.48. The van der Waals surface area contributed by atoms with Crippen molar-refractivity contribution in [1.82, 2.24) is 9.55 Å². The molecule has 8 heteroatoms. The van der Waals surface area contributed by atoms with E-state index in [4.69, 9.17) is 35.9 Å². The van der Waals surface area contributed by atoms with Crippen LogP contribution in [0.3, 0.4) is 0 Å². The van der Waals surface area contributed by atoms with E-state index >= 15 is 0 Å². The molecular weight excluding hydrogens is 428 g/mol. The van der Waals surface area contributed by atoms with Crippen LogP contribution in [0.25, 0.3) is 0 Å². The van der Waals surface area contributed by atoms with Gasteiger partial charge in [0.25, 0.3) is 5.17 Å². The number of aromatic nitrogens is 2. The lowest BCUT2D eigenvalue weighted by Gasteiger charge is -2.25. The van der Waals surface area contributed by atoms with Gasteiger partial charge in [-0.05, 0) is 23.3 Å². The monoisotopic (exact) mass is 454 g/mol. The summed E-state index contributed by atoms with van der Waals surface area (Å²) in [5.74, 6) is 0. The Morgan fingerprint density at radius 1 is 1.00 bits per heavy atom. The Labute approximate surface area is 192 Å². The van der Waals surface area contributed by atoms with Gasteiger partial charge in [0.1, 0.15) is 18.5 Å². The largest absolute Gasteiger partial charge is 0.459 e. The van der Waals surface area contributed by atoms with Gasteiger partial charge in [-0.15, -0.1) is 0 Å². The van der Waals surface area contributed by atoms with Crippen LogP contribution in [0.2, 0.25) is 0 Å². The van der Waals surface area contributed by atoms with Crippen molar-refractivity contribution in [3.8, 4) is 0 Å². The first-order valence-corrected chi connectivity index (χ1v) is 10.8. The predicted octanol–water partition coefficient (Wildman–Crippen LogP) is 3.57. The molecule has 0 spiro atoms. The van der Waals surface area contributed by atoms with Crippen molar-refractivity contribution in [2.45, 2.75) is 37.8 Å². The van der Waals surface area contributed by atoms with Crippen LogP contribution in [0.15, 0.2) is 79.4 Å². The summed E-state index contributed by atoms with van der Waals surface area (Å²) in [5, 5.41) is 0.248. The zero-order valence-electron chi connectivity index (χ0n) is 17.8. The third-order valence-corrected chi connectivity index (χ3v) is 5.44. The van der Waals surface area contributed by atoms with E-state index in [1.807, 2.05) is 60.7 Å². The molecule has 1 saturated heterocycles. The zero-order valence-corrected chi connectivity index (χ0v) is 18.6. The standard InChI is InChI=1S/C24H26N2O5S/c1-27-23-22(31-24(32)26-13-12-25-17-26)21(29-15-19-10-6-3-7-11-19)20(30-23)16-28-14-18-8-4-2-5-9-18/h2-13,17,20-23H,14-16H2,1H3/t20-,21+,22-,23+/m1/s1. The van der Waals surface area contributed by atoms with Crippen LogP contribution in [0.4, 0.5) is 0 Å². The molecule has 7 nitrogen and oxygen atoms in total. The van der Waals surface area contributed by atoms with Crippen LogP contribution in [0.1, 0.15) is 11.1 Å². The summed E-state index contributed by atoms with van der Waals surface area (Å²) in [6.45, 7) is 1.20. The molecule has 1 aliphatic heterocycles. The van der Waals surface area contributed by atoms with Gasteiger partial charge in [-0.3, -0.25) is 4.57 Å². The molecule has 0 radical (unpaired) electrons. The summed E-state index contributed by atoms with van der Waals surface area (Å²) in [6.07, 6.45) is 2.89. The number of ether oxygens (including phenoxy) is 5. The molecule has 0 amide bonds. The molecule has 0 unspecified atom stereocenters. The molecule has 0 N–H and O–H groups in total. The highest BCUT2D eigenvalue weighted by molar-refractivity contribution is 7.80. The van der Waals surface area contributed by atoms with Crippen LogP contribution >= 0.6 is 12.2 Å². The number of benzene rings is 2. The maximum Gasteiger partial charge on any atom is 0.269 e. The summed E-state index contributed by atoms with van der Waals surface area (Å²) >= 11 is 5.44. The maximum absolute atomic E-state index is 6.27. The first kappa shape index (κ1) is 22.6. The zero-order chi connectivity index (χ0) is 22.2. The number of nitrogens with zero attached hydrogens (tertiary/aromatic N) is 2. The lowest BCUT2D eigenvalue weighted by atomic mass is 10.1. The number of imidazole rings is 1. The maximum atomic E-state index is 6.27. The number of methoxy groups -OCH3 is 1. The molecule has 168 valence electrons. The highest BCUT2D eigenvalue weighted by Crippen LogP contribution is 2.29. The molecule has 0 bridgehead atoms. The molecular formula is C24H26N2O5S. The molecule has 0 saturated carbocycles. The van der Waals surface area contributed by atoms with Crippen LogP contribution in [-0.2, 0) is 36.9 Å². The van der Waals surface area contributed by atoms with Crippen molar-refractivity contribution in [3.05, 3.63) is 90.5 Å². The fourth-order valence-corrected chi connectivity index (χ4v) is 3.74. The average molecular weight is 455 g/mol. The summed E-state index contributed by atoms with van der Waals surface area (Å²) in [7, 11) is 1.57. The van der Waals surface area contributed by atoms with Crippen LogP contribution < -0.4 is 0 Å². The highest BCUT2D eigenvalue weighted by atomic mass is 32.1. The molecule has 2 aromatic carbocycles. The van der Waals surface area contributed by atoms with Crippen molar-refractivity contribution < 1.29 is 23.7 Å². The second-order valence-corrected chi connectivity index (χ2v) is 7.71. The fraction of sp³-hybridized carbons (Fsp3) is 0.333. The molecule has 1 aliphatic rings. The second-order valence-electron chi connectivity index (χ2n) is 7.36. The fourth-order valence-electron chi connectivity index (χ4n) is 3.52. The SMILES string of the molecule is CO[C@H]1O[C@H](COCc2ccccc2)[C@H](OCc2ccccc2)[C@H]1OC(=S)n1ccnc1. The Morgan fingerprint density at radius 2 is 1.69 bits per heavy atom. The van der Waals surface area contributed by atoms with E-state index < -0.39 is 18.5 Å². The van der Waals surface area contributed by atoms with E-state index in [1.54, 1.807) is 30.4 Å². The lowest BCUT2D eigenvalue weighted by Crippen LogP contribution is -2.41. The Bertz CT molecular complexity index is 955. The van der Waals surface area contributed by atoms with Gasteiger partial charge in [-0.1, -0.05) is 60.7 Å². The van der Waals surface area contributed by atoms with Crippen molar-refractivity contribution in [2.75, 3.05) is 13.7 Å². The van der Waals surface area contributed by atoms with Gasteiger partial charge in [-0.25, -0.2) is 4.98 Å². The molecule has 0 aliphatic carbocycles. The van der Waals surface area contributed by atoms with Gasteiger partial charge < -0.3 is 23.7 Å². The number of thiocarbonyl (C=S) groups is 1. The minimum atomic E-state index is -0.650. The third kappa shape index (κ3) is 5.79. The van der Waals surface area contributed by atoms with Gasteiger partial charge in [0.2, 0.25) is 0 Å². The van der Waals surface area contributed by atoms with Gasteiger partial charge in [-0.2, -0.15) is 0 Å². The first-order chi connectivity index (χ1) is 15.7. The third-order valence-electron chi connectivity index (χ3n) is 5.13. The second kappa shape index (κ2) is 11.3. The number of rotatable bonds is 9. The van der Waals surface area contributed by atoms with Crippen LogP contribution in [-0.4, -0.2) is 53.0 Å². The molecule has 4 atom stereocenters. The number of hydrogen-bond donors (Lipinski definition) is 0. The molecule has 32 heavy (non-hydrogen) atoms. The van der Waals surface area contributed by atoms with Gasteiger partial charge in [0, 0.05) is 19.5 Å². The van der Waals surface area contributed by atoms with Gasteiger partial charge in [0.05, 0.1) is 19.8 Å². The van der Waals surface area contributed by atoms with Crippen LogP contribution in [0.5, 0.6) is 0 Å². The van der Waals surface area contributed by atoms with Crippen molar-refractivity contribution in [1.29, 1.82) is 0 Å². The minimum Gasteiger partial charge on any atom is -0.459 e. The van der Waals surface area contributed by atoms with Crippen molar-refractivity contribution >= 4 is 17.4 Å². The van der Waals surface area contributed by atoms with Crippen LogP contribution in [0, 0.1) is 0 Å². The lowest BCUT2D eigenvalue weighted by molar-refractivity contribution is -0.154. The molecule has 4 rings (SSSR count). The Kier molecular flexibility index (Phi) is 7.97. The first-order valence-electron chi connectivity index (χ1n) is 10.4. The predicted molar refractivity (Wildman–Crippen MR) is 122 cm³/mol. The van der Waals surface area contributed by atoms with Gasteiger partial charge in [0.15, 0.2) is 12.4 Å². The van der Waals surface area contributed by atoms with E-state index in [0.29, 0.717) is 19.8 Å². The van der Waals surface area contributed by atoms with Gasteiger partial charge >= 0.3 is 0 Å². The topological polar surface area (TPSA) is 64.0 Å². The Balaban J connectivity index is 1.45. The minimum absolute atomic E-state index is 0.248. The van der Waals surface area contributed by atoms with E-state index in [9.17, 15) is 0 Å². The summed E-state index contributed by atoms with van der Waals surface area (Å²) < 4.78 is 31.6. The Hall–Kier alpha value is -2.62. The molecule has 1 aromatic heterocycles. The average Bonchev–Trinajstić information content (AvgIpc) is 3.48. The van der Waals surface area contributed by atoms with Crippen molar-refractivity contribution in [2.24, 2.45) is 0 Å². The van der Waals surface area contributed by atoms with E-state index in [0.717, 1.165) is 11.1 Å². The molecule has 2 heterocycles. The van der Waals surface area contributed by atoms with E-state index in [1.165, 1.54) is 0 Å². The smallest absolute Gasteiger partial charge is 0.269 e. The summed E-state index contributed by atoms with van der Waals surface area (Å²) in [6, 6.07) is 19.9. The Morgan fingerprint density at radius 3 is 2.31 bits per heavy atom. The van der Waals surface area contributed by atoms with E-state index in [-0.39, 0.29) is 11.3 Å². The summed E-state index contributed by atoms with van der Waals surface area (Å²) in [5.41, 5.74) is 2.14. The molecule has 3 aromatic rings. The molecule has 1 fully saturated rings. The summed E-state index contributed by atoms with van der Waals surface area (Å²) in [4.78, 5) is 4.02. The number of hydrogen-bond acceptors (Lipinski definition) is 7. The normalized spacial score (nSPS) is 22.7. The van der Waals surface area contributed by atoms with E-state index in [2.05, 4.69) is 4.98 Å². The van der Waals surface area contributed by atoms with Crippen molar-refractivity contribution in [3.63, 3.8) is 0 Å². The quantitative estimate of drug-likeness (QED) is 0.458.